The van der Waals surface area contributed by atoms with E-state index in [-0.39, 0.29) is 36.1 Å². The average molecular weight is 479 g/mol. The number of likely N-dealkylation sites (tertiary alicyclic amines) is 1. The number of ether oxygens (including phenoxy) is 1. The number of halogens is 1. The van der Waals surface area contributed by atoms with Crippen LogP contribution in [0.25, 0.3) is 0 Å². The van der Waals surface area contributed by atoms with Crippen LogP contribution in [0.2, 0.25) is 0 Å². The minimum absolute atomic E-state index is 0.0142. The van der Waals surface area contributed by atoms with Crippen LogP contribution < -0.4 is 4.74 Å². The molecule has 0 bridgehead atoms. The van der Waals surface area contributed by atoms with Crippen LogP contribution in [-0.4, -0.2) is 57.6 Å². The quantitative estimate of drug-likeness (QED) is 0.491. The number of carbonyl (C=O) groups is 2. The second-order valence-electron chi connectivity index (χ2n) is 8.93. The molecule has 2 heterocycles. The number of amides is 2. The SMILES string of the molecule is CCn1cc(C(=O)N2CC[C@H](Oc3ccc(F)cc3)[C@@H](CC(=O)N(C)Cc3ccccc3)C2)cn1. The topological polar surface area (TPSA) is 67.7 Å². The Morgan fingerprint density at radius 1 is 1.14 bits per heavy atom. The molecule has 2 aromatic carbocycles. The number of piperidine rings is 1. The number of carbonyl (C=O) groups excluding carboxylic acids is 2. The molecule has 1 saturated heterocycles. The fourth-order valence-corrected chi connectivity index (χ4v) is 4.39. The minimum atomic E-state index is -0.334. The summed E-state index contributed by atoms with van der Waals surface area (Å²) in [7, 11) is 1.79. The van der Waals surface area contributed by atoms with Gasteiger partial charge in [0.25, 0.3) is 5.91 Å². The van der Waals surface area contributed by atoms with Crippen LogP contribution in [-0.2, 0) is 17.9 Å². The number of hydrogen-bond acceptors (Lipinski definition) is 4. The number of rotatable bonds is 8. The summed E-state index contributed by atoms with van der Waals surface area (Å²) in [6.07, 6.45) is 3.88. The van der Waals surface area contributed by atoms with Crippen molar-refractivity contribution < 1.29 is 18.7 Å². The molecule has 1 aliphatic heterocycles. The maximum absolute atomic E-state index is 13.4. The maximum Gasteiger partial charge on any atom is 0.257 e. The molecule has 0 spiro atoms. The molecule has 1 aliphatic rings. The lowest BCUT2D eigenvalue weighted by atomic mass is 9.90. The first kappa shape index (κ1) is 24.4. The van der Waals surface area contributed by atoms with E-state index in [1.807, 2.05) is 37.3 Å². The molecule has 2 amide bonds. The molecule has 0 radical (unpaired) electrons. The Kier molecular flexibility index (Phi) is 7.80. The largest absolute Gasteiger partial charge is 0.490 e. The van der Waals surface area contributed by atoms with E-state index >= 15 is 0 Å². The summed E-state index contributed by atoms with van der Waals surface area (Å²) in [5, 5.41) is 4.21. The normalized spacial score (nSPS) is 17.7. The summed E-state index contributed by atoms with van der Waals surface area (Å²) in [4.78, 5) is 29.8. The summed E-state index contributed by atoms with van der Waals surface area (Å²) in [6, 6.07) is 15.7. The smallest absolute Gasteiger partial charge is 0.257 e. The Bertz CT molecular complexity index is 1130. The van der Waals surface area contributed by atoms with Gasteiger partial charge in [-0.1, -0.05) is 30.3 Å². The monoisotopic (exact) mass is 478 g/mol. The third-order valence-corrected chi connectivity index (χ3v) is 6.38. The van der Waals surface area contributed by atoms with Gasteiger partial charge in [0, 0.05) is 58.2 Å². The van der Waals surface area contributed by atoms with Crippen molar-refractivity contribution in [1.82, 2.24) is 19.6 Å². The van der Waals surface area contributed by atoms with E-state index < -0.39 is 0 Å². The number of hydrogen-bond donors (Lipinski definition) is 0. The molecular formula is C27H31FN4O3. The van der Waals surface area contributed by atoms with E-state index in [4.69, 9.17) is 4.74 Å². The molecule has 1 aromatic heterocycles. The summed E-state index contributed by atoms with van der Waals surface area (Å²) >= 11 is 0. The van der Waals surface area contributed by atoms with Gasteiger partial charge in [-0.25, -0.2) is 4.39 Å². The molecule has 3 aromatic rings. The highest BCUT2D eigenvalue weighted by molar-refractivity contribution is 5.93. The molecule has 2 atom stereocenters. The van der Waals surface area contributed by atoms with E-state index in [2.05, 4.69) is 5.10 Å². The van der Waals surface area contributed by atoms with Crippen molar-refractivity contribution in [3.63, 3.8) is 0 Å². The Morgan fingerprint density at radius 3 is 2.57 bits per heavy atom. The van der Waals surface area contributed by atoms with Crippen molar-refractivity contribution in [2.45, 2.75) is 39.0 Å². The zero-order valence-electron chi connectivity index (χ0n) is 20.1. The van der Waals surface area contributed by atoms with Gasteiger partial charge in [0.15, 0.2) is 0 Å². The van der Waals surface area contributed by atoms with Crippen LogP contribution in [0, 0.1) is 11.7 Å². The highest BCUT2D eigenvalue weighted by Crippen LogP contribution is 2.27. The highest BCUT2D eigenvalue weighted by atomic mass is 19.1. The van der Waals surface area contributed by atoms with Crippen molar-refractivity contribution >= 4 is 11.8 Å². The lowest BCUT2D eigenvalue weighted by Gasteiger charge is -2.38. The molecule has 4 rings (SSSR count). The molecule has 35 heavy (non-hydrogen) atoms. The van der Waals surface area contributed by atoms with Crippen molar-refractivity contribution in [3.8, 4) is 5.75 Å². The number of benzene rings is 2. The third-order valence-electron chi connectivity index (χ3n) is 6.38. The van der Waals surface area contributed by atoms with Gasteiger partial charge in [-0.3, -0.25) is 14.3 Å². The molecular weight excluding hydrogens is 447 g/mol. The van der Waals surface area contributed by atoms with Crippen LogP contribution in [0.15, 0.2) is 67.0 Å². The lowest BCUT2D eigenvalue weighted by molar-refractivity contribution is -0.132. The van der Waals surface area contributed by atoms with Gasteiger partial charge in [0.2, 0.25) is 5.91 Å². The van der Waals surface area contributed by atoms with Gasteiger partial charge in [-0.05, 0) is 36.8 Å². The predicted molar refractivity (Wildman–Crippen MR) is 130 cm³/mol. The second kappa shape index (κ2) is 11.2. The van der Waals surface area contributed by atoms with Gasteiger partial charge in [0.05, 0.1) is 11.8 Å². The number of nitrogens with zero attached hydrogens (tertiary/aromatic N) is 4. The van der Waals surface area contributed by atoms with Crippen LogP contribution in [0.4, 0.5) is 4.39 Å². The van der Waals surface area contributed by atoms with E-state index in [0.29, 0.717) is 43.9 Å². The van der Waals surface area contributed by atoms with E-state index in [0.717, 1.165) is 5.56 Å². The predicted octanol–water partition coefficient (Wildman–Crippen LogP) is 4.00. The van der Waals surface area contributed by atoms with Crippen LogP contribution in [0.3, 0.4) is 0 Å². The standard InChI is InChI=1S/C27H31FN4O3/c1-3-32-19-22(16-29-32)27(34)31-14-13-25(35-24-11-9-23(28)10-12-24)21(18-31)15-26(33)30(2)17-20-7-5-4-6-8-20/h4-12,16,19,21,25H,3,13-15,17-18H2,1-2H3/t21-,25-/m0/s1. The van der Waals surface area contributed by atoms with Crippen molar-refractivity contribution in [2.75, 3.05) is 20.1 Å². The summed E-state index contributed by atoms with van der Waals surface area (Å²) in [5.41, 5.74) is 1.59. The number of aromatic nitrogens is 2. The Hall–Kier alpha value is -3.68. The minimum Gasteiger partial charge on any atom is -0.490 e. The lowest BCUT2D eigenvalue weighted by Crippen LogP contribution is -2.49. The third kappa shape index (κ3) is 6.26. The van der Waals surface area contributed by atoms with Crippen molar-refractivity contribution in [1.29, 1.82) is 0 Å². The fourth-order valence-electron chi connectivity index (χ4n) is 4.39. The Labute approximate surface area is 205 Å². The molecule has 0 aliphatic carbocycles. The Balaban J connectivity index is 1.47. The first-order valence-electron chi connectivity index (χ1n) is 11.9. The molecule has 0 saturated carbocycles. The van der Waals surface area contributed by atoms with Crippen LogP contribution >= 0.6 is 0 Å². The summed E-state index contributed by atoms with van der Waals surface area (Å²) in [5.74, 6) is -0.0977. The fraction of sp³-hybridized carbons (Fsp3) is 0.370. The van der Waals surface area contributed by atoms with Crippen molar-refractivity contribution in [2.24, 2.45) is 5.92 Å². The Morgan fingerprint density at radius 2 is 1.89 bits per heavy atom. The molecule has 184 valence electrons. The van der Waals surface area contributed by atoms with Gasteiger partial charge in [-0.15, -0.1) is 0 Å². The average Bonchev–Trinajstić information content (AvgIpc) is 3.36. The van der Waals surface area contributed by atoms with E-state index in [9.17, 15) is 14.0 Å². The van der Waals surface area contributed by atoms with Crippen LogP contribution in [0.1, 0.15) is 35.7 Å². The summed E-state index contributed by atoms with van der Waals surface area (Å²) in [6.45, 7) is 4.06. The first-order valence-corrected chi connectivity index (χ1v) is 11.9. The molecule has 0 unspecified atom stereocenters. The zero-order chi connectivity index (χ0) is 24.8. The van der Waals surface area contributed by atoms with Gasteiger partial charge < -0.3 is 14.5 Å². The maximum atomic E-state index is 13.4. The van der Waals surface area contributed by atoms with Gasteiger partial charge >= 0.3 is 0 Å². The molecule has 1 fully saturated rings. The second-order valence-corrected chi connectivity index (χ2v) is 8.93. The first-order chi connectivity index (χ1) is 16.9. The molecule has 7 nitrogen and oxygen atoms in total. The number of aryl methyl sites for hydroxylation is 1. The molecule has 8 heteroatoms. The molecule has 0 N–H and O–H groups in total. The highest BCUT2D eigenvalue weighted by Gasteiger charge is 2.35. The summed E-state index contributed by atoms with van der Waals surface area (Å²) < 4.78 is 21.3. The van der Waals surface area contributed by atoms with Gasteiger partial charge in [0.1, 0.15) is 17.7 Å². The van der Waals surface area contributed by atoms with Crippen molar-refractivity contribution in [3.05, 3.63) is 83.9 Å². The zero-order valence-corrected chi connectivity index (χ0v) is 20.1. The van der Waals surface area contributed by atoms with Gasteiger partial charge in [-0.2, -0.15) is 5.10 Å². The van der Waals surface area contributed by atoms with E-state index in [1.165, 1.54) is 12.1 Å². The van der Waals surface area contributed by atoms with Crippen LogP contribution in [0.5, 0.6) is 5.75 Å². The van der Waals surface area contributed by atoms with E-state index in [1.54, 1.807) is 46.1 Å².